The number of rotatable bonds is 6. The Morgan fingerprint density at radius 1 is 1.28 bits per heavy atom. The quantitative estimate of drug-likeness (QED) is 0.563. The van der Waals surface area contributed by atoms with Crippen LogP contribution in [-0.2, 0) is 14.4 Å². The Balaban J connectivity index is 0.000000451. The summed E-state index contributed by atoms with van der Waals surface area (Å²) in [7, 11) is 1.61. The molecule has 2 fully saturated rings. The Morgan fingerprint density at radius 3 is 2.28 bits per heavy atom. The van der Waals surface area contributed by atoms with Crippen molar-refractivity contribution in [3.63, 3.8) is 0 Å². The molecular weight excluding hydrogens is 429 g/mol. The highest BCUT2D eigenvalue weighted by Gasteiger charge is 2.39. The predicted octanol–water partition coefficient (Wildman–Crippen LogP) is 1.92. The summed E-state index contributed by atoms with van der Waals surface area (Å²) in [5, 5.41) is 13.1. The lowest BCUT2D eigenvalue weighted by Gasteiger charge is -2.49. The molecule has 0 saturated carbocycles. The van der Waals surface area contributed by atoms with Crippen molar-refractivity contribution in [1.82, 2.24) is 10.6 Å². The molecule has 2 amide bonds. The molecule has 0 unspecified atom stereocenters. The van der Waals surface area contributed by atoms with E-state index in [1.165, 1.54) is 31.6 Å². The average molecular weight is 458 g/mol. The number of halogens is 3. The third-order valence-electron chi connectivity index (χ3n) is 5.91. The van der Waals surface area contributed by atoms with Gasteiger partial charge in [-0.2, -0.15) is 13.2 Å². The Bertz CT molecular complexity index is 818. The fourth-order valence-corrected chi connectivity index (χ4v) is 3.81. The number of carbonyl (C=O) groups excluding carboxylic acids is 2. The highest BCUT2D eigenvalue weighted by molar-refractivity contribution is 5.81. The van der Waals surface area contributed by atoms with Crippen molar-refractivity contribution in [3.05, 3.63) is 23.8 Å². The fourth-order valence-electron chi connectivity index (χ4n) is 3.81. The van der Waals surface area contributed by atoms with Gasteiger partial charge in [0, 0.05) is 57.6 Å². The summed E-state index contributed by atoms with van der Waals surface area (Å²) in [4.78, 5) is 35.8. The van der Waals surface area contributed by atoms with Crippen molar-refractivity contribution in [2.24, 2.45) is 5.41 Å². The zero-order chi connectivity index (χ0) is 23.9. The van der Waals surface area contributed by atoms with Crippen LogP contribution in [0, 0.1) is 12.3 Å². The molecule has 2 saturated heterocycles. The summed E-state index contributed by atoms with van der Waals surface area (Å²) in [5.74, 6) is -2.82. The normalized spacial score (nSPS) is 17.0. The van der Waals surface area contributed by atoms with Crippen LogP contribution in [0.1, 0.15) is 24.8 Å². The van der Waals surface area contributed by atoms with Gasteiger partial charge < -0.3 is 25.5 Å². The maximum absolute atomic E-state index is 11.4. The minimum Gasteiger partial charge on any atom is -0.475 e. The van der Waals surface area contributed by atoms with E-state index in [1.54, 1.807) is 11.9 Å². The Hall–Kier alpha value is -2.82. The van der Waals surface area contributed by atoms with Gasteiger partial charge in [-0.15, -0.1) is 0 Å². The first kappa shape index (κ1) is 25.4. The highest BCUT2D eigenvalue weighted by Crippen LogP contribution is 2.37. The number of anilines is 2. The smallest absolute Gasteiger partial charge is 0.475 e. The monoisotopic (exact) mass is 458 g/mol. The average Bonchev–Trinajstić information content (AvgIpc) is 2.73. The van der Waals surface area contributed by atoms with E-state index in [4.69, 9.17) is 9.90 Å². The van der Waals surface area contributed by atoms with Crippen molar-refractivity contribution in [2.45, 2.75) is 32.4 Å². The van der Waals surface area contributed by atoms with Gasteiger partial charge in [0.2, 0.25) is 12.3 Å². The summed E-state index contributed by atoms with van der Waals surface area (Å²) in [6, 6.07) is 6.25. The third kappa shape index (κ3) is 6.59. The second-order valence-electron chi connectivity index (χ2n) is 8.09. The molecule has 178 valence electrons. The Labute approximate surface area is 184 Å². The minimum absolute atomic E-state index is 0.0612. The van der Waals surface area contributed by atoms with Crippen molar-refractivity contribution >= 4 is 29.7 Å². The number of benzene rings is 1. The molecule has 1 aromatic rings. The molecule has 32 heavy (non-hydrogen) atoms. The molecule has 0 radical (unpaired) electrons. The summed E-state index contributed by atoms with van der Waals surface area (Å²) in [6.07, 6.45) is -1.49. The zero-order valence-corrected chi connectivity index (χ0v) is 18.2. The number of carboxylic acid groups (broad SMARTS) is 1. The van der Waals surface area contributed by atoms with Gasteiger partial charge in [-0.3, -0.25) is 9.59 Å². The lowest BCUT2D eigenvalue weighted by molar-refractivity contribution is -0.192. The van der Waals surface area contributed by atoms with E-state index in [-0.39, 0.29) is 5.91 Å². The molecule has 8 nitrogen and oxygen atoms in total. The van der Waals surface area contributed by atoms with Crippen LogP contribution in [0.25, 0.3) is 0 Å². The SMILES string of the molecule is CNC(=O)CCN(C=O)c1ccc(N2CCC3(CC2)CNC3)cc1C.O=C(O)C(F)(F)F. The van der Waals surface area contributed by atoms with Crippen LogP contribution in [-0.4, -0.2) is 69.3 Å². The fraction of sp³-hybridized carbons (Fsp3) is 0.571. The molecule has 2 heterocycles. The molecular formula is C21H29F3N4O4. The molecule has 3 N–H and O–H groups in total. The lowest BCUT2D eigenvalue weighted by Crippen LogP contribution is -2.58. The maximum Gasteiger partial charge on any atom is 0.490 e. The van der Waals surface area contributed by atoms with E-state index in [1.807, 2.05) is 13.0 Å². The first-order valence-electron chi connectivity index (χ1n) is 10.3. The molecule has 2 aliphatic heterocycles. The zero-order valence-electron chi connectivity index (χ0n) is 18.2. The number of hydrogen-bond acceptors (Lipinski definition) is 5. The van der Waals surface area contributed by atoms with E-state index in [0.717, 1.165) is 30.8 Å². The molecule has 2 aliphatic rings. The first-order valence-corrected chi connectivity index (χ1v) is 10.3. The van der Waals surface area contributed by atoms with Crippen LogP contribution in [0.3, 0.4) is 0 Å². The Morgan fingerprint density at radius 2 is 1.88 bits per heavy atom. The molecule has 0 bridgehead atoms. The van der Waals surface area contributed by atoms with Crippen LogP contribution in [0.2, 0.25) is 0 Å². The van der Waals surface area contributed by atoms with Crippen LogP contribution < -0.4 is 20.4 Å². The second-order valence-corrected chi connectivity index (χ2v) is 8.09. The van der Waals surface area contributed by atoms with E-state index in [0.29, 0.717) is 18.4 Å². The van der Waals surface area contributed by atoms with Crippen LogP contribution in [0.4, 0.5) is 24.5 Å². The summed E-state index contributed by atoms with van der Waals surface area (Å²) in [6.45, 7) is 6.93. The van der Waals surface area contributed by atoms with Gasteiger partial charge in [0.1, 0.15) is 0 Å². The number of aliphatic carboxylic acids is 1. The predicted molar refractivity (Wildman–Crippen MR) is 114 cm³/mol. The lowest BCUT2D eigenvalue weighted by atomic mass is 9.73. The van der Waals surface area contributed by atoms with Crippen molar-refractivity contribution in [1.29, 1.82) is 0 Å². The molecule has 0 aliphatic carbocycles. The molecule has 0 atom stereocenters. The van der Waals surface area contributed by atoms with Gasteiger partial charge in [0.15, 0.2) is 0 Å². The number of carbonyl (C=O) groups is 3. The number of carboxylic acids is 1. The van der Waals surface area contributed by atoms with Gasteiger partial charge in [-0.1, -0.05) is 0 Å². The van der Waals surface area contributed by atoms with E-state index >= 15 is 0 Å². The standard InChI is InChI=1S/C19H28N4O2.C2HF3O2/c1-15-11-16(22-9-6-19(7-10-22)12-21-13-19)3-4-17(15)23(14-24)8-5-18(25)20-2;3-2(4,5)1(6)7/h3-4,11,14,21H,5-10,12-13H2,1-2H3,(H,20,25);(H,6,7). The number of nitrogens with zero attached hydrogens (tertiary/aromatic N) is 2. The number of hydrogen-bond donors (Lipinski definition) is 3. The summed E-state index contributed by atoms with van der Waals surface area (Å²) >= 11 is 0. The van der Waals surface area contributed by atoms with E-state index in [9.17, 15) is 22.8 Å². The van der Waals surface area contributed by atoms with E-state index in [2.05, 4.69) is 27.7 Å². The van der Waals surface area contributed by atoms with Gasteiger partial charge >= 0.3 is 12.1 Å². The third-order valence-corrected chi connectivity index (χ3v) is 5.91. The second kappa shape index (κ2) is 10.7. The number of alkyl halides is 3. The van der Waals surface area contributed by atoms with Gasteiger partial charge in [0.05, 0.1) is 0 Å². The largest absolute Gasteiger partial charge is 0.490 e. The van der Waals surface area contributed by atoms with Gasteiger partial charge in [-0.05, 0) is 48.9 Å². The number of aryl methyl sites for hydroxylation is 1. The Kier molecular flexibility index (Phi) is 8.48. The molecule has 1 spiro atoms. The first-order chi connectivity index (χ1) is 15.0. The summed E-state index contributed by atoms with van der Waals surface area (Å²) in [5.41, 5.74) is 3.70. The van der Waals surface area contributed by atoms with Crippen LogP contribution >= 0.6 is 0 Å². The number of amides is 2. The van der Waals surface area contributed by atoms with Crippen molar-refractivity contribution in [3.8, 4) is 0 Å². The van der Waals surface area contributed by atoms with Crippen molar-refractivity contribution in [2.75, 3.05) is 49.6 Å². The topological polar surface area (TPSA) is 102 Å². The minimum atomic E-state index is -5.08. The highest BCUT2D eigenvalue weighted by atomic mass is 19.4. The van der Waals surface area contributed by atoms with Crippen molar-refractivity contribution < 1.29 is 32.7 Å². The van der Waals surface area contributed by atoms with Gasteiger partial charge in [0.25, 0.3) is 0 Å². The van der Waals surface area contributed by atoms with Gasteiger partial charge in [-0.25, -0.2) is 4.79 Å². The molecule has 3 rings (SSSR count). The maximum atomic E-state index is 11.4. The molecule has 11 heteroatoms. The molecule has 0 aromatic heterocycles. The summed E-state index contributed by atoms with van der Waals surface area (Å²) < 4.78 is 31.7. The van der Waals surface area contributed by atoms with E-state index < -0.39 is 12.1 Å². The van der Waals surface area contributed by atoms with Crippen LogP contribution in [0.15, 0.2) is 18.2 Å². The number of piperidine rings is 1. The number of nitrogens with one attached hydrogen (secondary N) is 2. The van der Waals surface area contributed by atoms with Crippen LogP contribution in [0.5, 0.6) is 0 Å². The molecule has 1 aromatic carbocycles.